The quantitative estimate of drug-likeness (QED) is 0.710. The fourth-order valence-electron chi connectivity index (χ4n) is 0.364. The Hall–Kier alpha value is -0.800. The molecule has 0 rings (SSSR count). The number of hydrogen-bond donors (Lipinski definition) is 2. The second kappa shape index (κ2) is 11.3. The summed E-state index contributed by atoms with van der Waals surface area (Å²) in [6.45, 7) is 9.93. The highest BCUT2D eigenvalue weighted by atomic mass is 16.5. The predicted molar refractivity (Wildman–Crippen MR) is 63.3 cm³/mol. The Morgan fingerprint density at radius 2 is 1.33 bits per heavy atom. The summed E-state index contributed by atoms with van der Waals surface area (Å²) in [5.74, 6) is 0.0463. The molecule has 0 aliphatic carbocycles. The van der Waals surface area contributed by atoms with Crippen LogP contribution in [0.25, 0.3) is 0 Å². The first-order valence-corrected chi connectivity index (χ1v) is 5.08. The van der Waals surface area contributed by atoms with Crippen molar-refractivity contribution in [3.63, 3.8) is 0 Å². The van der Waals surface area contributed by atoms with Gasteiger partial charge in [0, 0.05) is 19.1 Å². The third-order valence-electron chi connectivity index (χ3n) is 1.23. The van der Waals surface area contributed by atoms with Crippen LogP contribution in [0, 0.1) is 5.92 Å². The lowest BCUT2D eigenvalue weighted by atomic mass is 10.2. The molecule has 0 spiro atoms. The molecule has 3 heteroatoms. The fourth-order valence-corrected chi connectivity index (χ4v) is 0.364. The lowest BCUT2D eigenvalue weighted by Gasteiger charge is -1.97. The summed E-state index contributed by atoms with van der Waals surface area (Å²) in [5, 5.41) is 16.3. The summed E-state index contributed by atoms with van der Waals surface area (Å²) < 4.78 is 5.03. The van der Waals surface area contributed by atoms with Gasteiger partial charge in [-0.1, -0.05) is 6.92 Å². The Morgan fingerprint density at radius 1 is 1.00 bits per heavy atom. The largest absolute Gasteiger partial charge is 0.473 e. The second-order valence-electron chi connectivity index (χ2n) is 4.00. The molecule has 90 valence electrons. The van der Waals surface area contributed by atoms with Crippen molar-refractivity contribution in [2.75, 3.05) is 13.2 Å². The molecule has 0 aromatic carbocycles. The van der Waals surface area contributed by atoms with Gasteiger partial charge in [-0.05, 0) is 38.8 Å². The van der Waals surface area contributed by atoms with Crippen LogP contribution in [-0.4, -0.2) is 23.4 Å². The van der Waals surface area contributed by atoms with Crippen LogP contribution in [0.5, 0.6) is 0 Å². The highest BCUT2D eigenvalue weighted by Crippen LogP contribution is 1.93. The Balaban J connectivity index is 0. The normalized spacial score (nSPS) is 8.80. The molecule has 0 saturated heterocycles. The highest BCUT2D eigenvalue weighted by Gasteiger charge is 1.91. The molecule has 0 atom stereocenters. The minimum absolute atomic E-state index is 0.0463. The number of rotatable bonds is 4. The van der Waals surface area contributed by atoms with E-state index in [2.05, 4.69) is 0 Å². The van der Waals surface area contributed by atoms with Crippen molar-refractivity contribution in [2.24, 2.45) is 5.92 Å². The first kappa shape index (κ1) is 16.6. The average molecular weight is 216 g/mol. The number of aliphatic hydroxyl groups excluding tert-OH is 2. The van der Waals surface area contributed by atoms with Gasteiger partial charge in [0.1, 0.15) is 0 Å². The molecule has 0 saturated carbocycles. The van der Waals surface area contributed by atoms with Crippen molar-refractivity contribution in [3.05, 3.63) is 23.7 Å². The first-order chi connectivity index (χ1) is 6.93. The molecular formula is C12H24O3. The van der Waals surface area contributed by atoms with Crippen LogP contribution in [0.15, 0.2) is 23.7 Å². The highest BCUT2D eigenvalue weighted by molar-refractivity contribution is 4.92. The zero-order valence-electron chi connectivity index (χ0n) is 10.4. The van der Waals surface area contributed by atoms with Gasteiger partial charge in [-0.3, -0.25) is 0 Å². The smallest absolute Gasteiger partial charge is 0.0887 e. The van der Waals surface area contributed by atoms with Gasteiger partial charge in [0.2, 0.25) is 0 Å². The van der Waals surface area contributed by atoms with E-state index in [1.54, 1.807) is 19.4 Å². The van der Waals surface area contributed by atoms with E-state index in [0.717, 1.165) is 0 Å². The van der Waals surface area contributed by atoms with Gasteiger partial charge in [-0.25, -0.2) is 0 Å². The van der Waals surface area contributed by atoms with Crippen LogP contribution in [0.2, 0.25) is 0 Å². The van der Waals surface area contributed by atoms with E-state index >= 15 is 0 Å². The van der Waals surface area contributed by atoms with E-state index < -0.39 is 0 Å². The van der Waals surface area contributed by atoms with Gasteiger partial charge >= 0.3 is 0 Å². The van der Waals surface area contributed by atoms with Gasteiger partial charge in [-0.2, -0.15) is 0 Å². The second-order valence-corrected chi connectivity index (χ2v) is 4.00. The zero-order chi connectivity index (χ0) is 12.3. The molecule has 0 heterocycles. The Morgan fingerprint density at radius 3 is 1.47 bits per heavy atom. The molecule has 0 fully saturated rings. The van der Waals surface area contributed by atoms with E-state index in [4.69, 9.17) is 14.9 Å². The molecule has 0 aromatic rings. The van der Waals surface area contributed by atoms with Crippen molar-refractivity contribution in [1.82, 2.24) is 0 Å². The Labute approximate surface area is 93.1 Å². The third kappa shape index (κ3) is 19.6. The molecule has 0 radical (unpaired) electrons. The summed E-state index contributed by atoms with van der Waals surface area (Å²) in [7, 11) is 0. The van der Waals surface area contributed by atoms with Gasteiger partial charge in [-0.15, -0.1) is 0 Å². The number of aliphatic hydroxyl groups is 2. The van der Waals surface area contributed by atoms with Gasteiger partial charge < -0.3 is 14.9 Å². The summed E-state index contributed by atoms with van der Waals surface area (Å²) in [4.78, 5) is 0. The summed E-state index contributed by atoms with van der Waals surface area (Å²) >= 11 is 0. The van der Waals surface area contributed by atoms with Crippen LogP contribution in [0.3, 0.4) is 0 Å². The van der Waals surface area contributed by atoms with Gasteiger partial charge in [0.25, 0.3) is 0 Å². The molecule has 0 amide bonds. The van der Waals surface area contributed by atoms with Crippen molar-refractivity contribution in [3.8, 4) is 0 Å². The van der Waals surface area contributed by atoms with Crippen LogP contribution in [-0.2, 0) is 4.74 Å². The van der Waals surface area contributed by atoms with E-state index in [0.29, 0.717) is 0 Å². The van der Waals surface area contributed by atoms with Crippen LogP contribution >= 0.6 is 0 Å². The van der Waals surface area contributed by atoms with Crippen molar-refractivity contribution < 1.29 is 14.9 Å². The minimum Gasteiger partial charge on any atom is -0.473 e. The van der Waals surface area contributed by atoms with E-state index in [-0.39, 0.29) is 19.1 Å². The third-order valence-corrected chi connectivity index (χ3v) is 1.23. The van der Waals surface area contributed by atoms with E-state index in [9.17, 15) is 0 Å². The maximum absolute atomic E-state index is 8.17. The molecule has 3 nitrogen and oxygen atoms in total. The Kier molecular flexibility index (Phi) is 12.5. The molecule has 2 N–H and O–H groups in total. The molecule has 0 unspecified atom stereocenters. The van der Waals surface area contributed by atoms with Crippen LogP contribution < -0.4 is 0 Å². The number of allylic oxidation sites excluding steroid dienone is 2. The molecule has 15 heavy (non-hydrogen) atoms. The maximum atomic E-state index is 8.17. The standard InChI is InChI=1S/C8H14O.C4H10O2/c1-7(2)5-9-6-8(3)4;1-4(2-5)3-6/h5-6H,1-4H3;4-6H,2-3H2,1H3. The number of hydrogen-bond acceptors (Lipinski definition) is 3. The monoisotopic (exact) mass is 216 g/mol. The van der Waals surface area contributed by atoms with Crippen molar-refractivity contribution in [1.29, 1.82) is 0 Å². The van der Waals surface area contributed by atoms with Gasteiger partial charge in [0.15, 0.2) is 0 Å². The SMILES string of the molecule is CC(C)=COC=C(C)C.CC(CO)CO. The average Bonchev–Trinajstić information content (AvgIpc) is 2.16. The lowest BCUT2D eigenvalue weighted by molar-refractivity contribution is 0.162. The number of ether oxygens (including phenoxy) is 1. The molecule has 0 aliphatic heterocycles. The van der Waals surface area contributed by atoms with E-state index in [1.807, 2.05) is 27.7 Å². The summed E-state index contributed by atoms with van der Waals surface area (Å²) in [6, 6.07) is 0. The predicted octanol–water partition coefficient (Wildman–Crippen LogP) is 2.46. The van der Waals surface area contributed by atoms with E-state index in [1.165, 1.54) is 11.1 Å². The van der Waals surface area contributed by atoms with Crippen LogP contribution in [0.1, 0.15) is 34.6 Å². The Bertz CT molecular complexity index is 167. The summed E-state index contributed by atoms with van der Waals surface area (Å²) in [5.41, 5.74) is 2.35. The summed E-state index contributed by atoms with van der Waals surface area (Å²) in [6.07, 6.45) is 3.46. The lowest BCUT2D eigenvalue weighted by Crippen LogP contribution is -2.04. The van der Waals surface area contributed by atoms with Gasteiger partial charge in [0.05, 0.1) is 12.5 Å². The maximum Gasteiger partial charge on any atom is 0.0887 e. The molecule has 0 bridgehead atoms. The first-order valence-electron chi connectivity index (χ1n) is 5.08. The minimum atomic E-state index is 0.0463. The van der Waals surface area contributed by atoms with Crippen molar-refractivity contribution >= 4 is 0 Å². The fraction of sp³-hybridized carbons (Fsp3) is 0.667. The zero-order valence-corrected chi connectivity index (χ0v) is 10.4. The van der Waals surface area contributed by atoms with Crippen LogP contribution in [0.4, 0.5) is 0 Å². The van der Waals surface area contributed by atoms with Crippen molar-refractivity contribution in [2.45, 2.75) is 34.6 Å². The molecule has 0 aromatic heterocycles. The molecule has 0 aliphatic rings. The molecular weight excluding hydrogens is 192 g/mol. The topological polar surface area (TPSA) is 49.7 Å².